The molecule has 4 nitrogen and oxygen atoms in total. The van der Waals surface area contributed by atoms with Crippen molar-refractivity contribution in [1.82, 2.24) is 10.2 Å². The lowest BCUT2D eigenvalue weighted by Gasteiger charge is -2.32. The van der Waals surface area contributed by atoms with Gasteiger partial charge in [0.2, 0.25) is 0 Å². The lowest BCUT2D eigenvalue weighted by molar-refractivity contribution is 0.0513. The molecule has 0 aromatic rings. The third-order valence-corrected chi connectivity index (χ3v) is 2.62. The number of rotatable bonds is 3. The molecule has 0 bridgehead atoms. The van der Waals surface area contributed by atoms with Gasteiger partial charge in [-0.25, -0.2) is 4.79 Å². The maximum absolute atomic E-state index is 11.8. The fourth-order valence-corrected chi connectivity index (χ4v) is 1.82. The van der Waals surface area contributed by atoms with Crippen LogP contribution in [0.1, 0.15) is 33.6 Å². The first-order valence-corrected chi connectivity index (χ1v) is 5.70. The van der Waals surface area contributed by atoms with Gasteiger partial charge in [0.05, 0.1) is 13.2 Å². The van der Waals surface area contributed by atoms with E-state index in [-0.39, 0.29) is 11.6 Å². The number of urea groups is 1. The highest BCUT2D eigenvalue weighted by Gasteiger charge is 2.23. The van der Waals surface area contributed by atoms with Gasteiger partial charge in [0.15, 0.2) is 0 Å². The molecular weight excluding hydrogens is 192 g/mol. The number of carbonyl (C=O) groups excluding carboxylic acids is 1. The van der Waals surface area contributed by atoms with E-state index < -0.39 is 0 Å². The normalized spacial score (nSPS) is 17.7. The van der Waals surface area contributed by atoms with Crippen molar-refractivity contribution >= 4 is 6.03 Å². The third-order valence-electron chi connectivity index (χ3n) is 2.62. The summed E-state index contributed by atoms with van der Waals surface area (Å²) in [6.45, 7) is 8.97. The highest BCUT2D eigenvalue weighted by molar-refractivity contribution is 5.75. The highest BCUT2D eigenvalue weighted by Crippen LogP contribution is 2.11. The summed E-state index contributed by atoms with van der Waals surface area (Å²) in [5, 5.41) is 3.06. The van der Waals surface area contributed by atoms with Crippen molar-refractivity contribution < 1.29 is 9.53 Å². The Kier molecular flexibility index (Phi) is 4.39. The number of hydrogen-bond donors (Lipinski definition) is 1. The Morgan fingerprint density at radius 1 is 1.40 bits per heavy atom. The molecule has 1 fully saturated rings. The van der Waals surface area contributed by atoms with Gasteiger partial charge in [0, 0.05) is 18.6 Å². The first-order chi connectivity index (χ1) is 7.05. The molecule has 0 aromatic heterocycles. The minimum absolute atomic E-state index is 0.0387. The Balaban J connectivity index is 2.39. The average molecular weight is 214 g/mol. The van der Waals surface area contributed by atoms with E-state index in [1.54, 1.807) is 0 Å². The fourth-order valence-electron chi connectivity index (χ4n) is 1.82. The van der Waals surface area contributed by atoms with Crippen LogP contribution in [0.3, 0.4) is 0 Å². The first kappa shape index (κ1) is 12.3. The van der Waals surface area contributed by atoms with Gasteiger partial charge in [-0.2, -0.15) is 0 Å². The number of amides is 2. The second-order valence-electron chi connectivity index (χ2n) is 4.66. The molecule has 1 saturated heterocycles. The van der Waals surface area contributed by atoms with Crippen molar-refractivity contribution in [3.05, 3.63) is 0 Å². The number of nitrogens with one attached hydrogen (secondary N) is 1. The summed E-state index contributed by atoms with van der Waals surface area (Å²) in [6, 6.07) is 0.0387. The van der Waals surface area contributed by atoms with Crippen molar-refractivity contribution in [3.8, 4) is 0 Å². The summed E-state index contributed by atoms with van der Waals surface area (Å²) in [5.74, 6) is 0. The van der Waals surface area contributed by atoms with Crippen LogP contribution in [0.4, 0.5) is 4.79 Å². The van der Waals surface area contributed by atoms with Gasteiger partial charge in [-0.1, -0.05) is 13.3 Å². The topological polar surface area (TPSA) is 41.6 Å². The Hall–Kier alpha value is -0.770. The molecule has 1 N–H and O–H groups in total. The van der Waals surface area contributed by atoms with Gasteiger partial charge in [-0.05, 0) is 20.3 Å². The van der Waals surface area contributed by atoms with E-state index in [1.165, 1.54) is 0 Å². The van der Waals surface area contributed by atoms with Crippen LogP contribution in [0.5, 0.6) is 0 Å². The van der Waals surface area contributed by atoms with Gasteiger partial charge in [0.25, 0.3) is 0 Å². The van der Waals surface area contributed by atoms with Crippen LogP contribution >= 0.6 is 0 Å². The van der Waals surface area contributed by atoms with Crippen LogP contribution in [-0.2, 0) is 4.74 Å². The number of nitrogens with zero attached hydrogens (tertiary/aromatic N) is 1. The first-order valence-electron chi connectivity index (χ1n) is 5.70. The predicted molar refractivity (Wildman–Crippen MR) is 59.9 cm³/mol. The van der Waals surface area contributed by atoms with Crippen molar-refractivity contribution in [2.45, 2.75) is 39.2 Å². The van der Waals surface area contributed by atoms with Gasteiger partial charge in [-0.15, -0.1) is 0 Å². The van der Waals surface area contributed by atoms with Crippen LogP contribution in [0.15, 0.2) is 0 Å². The second-order valence-corrected chi connectivity index (χ2v) is 4.66. The third kappa shape index (κ3) is 4.08. The zero-order valence-electron chi connectivity index (χ0n) is 10.0. The van der Waals surface area contributed by atoms with Crippen molar-refractivity contribution in [3.63, 3.8) is 0 Å². The number of ether oxygens (including phenoxy) is 1. The summed E-state index contributed by atoms with van der Waals surface area (Å²) in [7, 11) is 0. The SMILES string of the molecule is CCCC(C)(C)NC(=O)N1CCOCC1. The van der Waals surface area contributed by atoms with Gasteiger partial charge < -0.3 is 15.0 Å². The summed E-state index contributed by atoms with van der Waals surface area (Å²) in [5.41, 5.74) is -0.107. The molecule has 4 heteroatoms. The Labute approximate surface area is 92.0 Å². The summed E-state index contributed by atoms with van der Waals surface area (Å²) in [4.78, 5) is 13.7. The molecule has 1 aliphatic rings. The second kappa shape index (κ2) is 5.35. The van der Waals surface area contributed by atoms with Crippen LogP contribution in [0.25, 0.3) is 0 Å². The van der Waals surface area contributed by atoms with E-state index >= 15 is 0 Å². The van der Waals surface area contributed by atoms with Gasteiger partial charge >= 0.3 is 6.03 Å². The fraction of sp³-hybridized carbons (Fsp3) is 0.909. The lowest BCUT2D eigenvalue weighted by Crippen LogP contribution is -2.52. The van der Waals surface area contributed by atoms with Crippen LogP contribution in [0.2, 0.25) is 0 Å². The average Bonchev–Trinajstić information content (AvgIpc) is 2.18. The molecule has 1 aliphatic heterocycles. The van der Waals surface area contributed by atoms with Gasteiger partial charge in [-0.3, -0.25) is 0 Å². The van der Waals surface area contributed by atoms with E-state index in [2.05, 4.69) is 26.1 Å². The molecule has 88 valence electrons. The summed E-state index contributed by atoms with van der Waals surface area (Å²) < 4.78 is 5.21. The zero-order chi connectivity index (χ0) is 11.3. The number of carbonyl (C=O) groups is 1. The molecule has 1 rings (SSSR count). The molecule has 0 spiro atoms. The zero-order valence-corrected chi connectivity index (χ0v) is 10.0. The molecule has 0 unspecified atom stereocenters. The standard InChI is InChI=1S/C11H22N2O2/c1-4-5-11(2,3)12-10(14)13-6-8-15-9-7-13/h4-9H2,1-3H3,(H,12,14). The number of morpholine rings is 1. The van der Waals surface area contributed by atoms with E-state index in [0.29, 0.717) is 26.3 Å². The monoisotopic (exact) mass is 214 g/mol. The molecule has 0 atom stereocenters. The van der Waals surface area contributed by atoms with Gasteiger partial charge in [0.1, 0.15) is 0 Å². The van der Waals surface area contributed by atoms with E-state index in [4.69, 9.17) is 4.74 Å². The summed E-state index contributed by atoms with van der Waals surface area (Å²) in [6.07, 6.45) is 2.08. The minimum atomic E-state index is -0.107. The summed E-state index contributed by atoms with van der Waals surface area (Å²) >= 11 is 0. The van der Waals surface area contributed by atoms with E-state index in [9.17, 15) is 4.79 Å². The Bertz CT molecular complexity index is 211. The lowest BCUT2D eigenvalue weighted by atomic mass is 9.99. The molecular formula is C11H22N2O2. The van der Waals surface area contributed by atoms with E-state index in [0.717, 1.165) is 12.8 Å². The molecule has 0 aliphatic carbocycles. The molecule has 0 radical (unpaired) electrons. The minimum Gasteiger partial charge on any atom is -0.378 e. The van der Waals surface area contributed by atoms with Crippen LogP contribution in [-0.4, -0.2) is 42.8 Å². The van der Waals surface area contributed by atoms with E-state index in [1.807, 2.05) is 4.90 Å². The molecule has 15 heavy (non-hydrogen) atoms. The largest absolute Gasteiger partial charge is 0.378 e. The van der Waals surface area contributed by atoms with Crippen LogP contribution in [0, 0.1) is 0 Å². The van der Waals surface area contributed by atoms with Crippen molar-refractivity contribution in [2.75, 3.05) is 26.3 Å². The Morgan fingerprint density at radius 3 is 2.53 bits per heavy atom. The van der Waals surface area contributed by atoms with Crippen molar-refractivity contribution in [2.24, 2.45) is 0 Å². The van der Waals surface area contributed by atoms with Crippen molar-refractivity contribution in [1.29, 1.82) is 0 Å². The molecule has 2 amide bonds. The smallest absolute Gasteiger partial charge is 0.317 e. The highest BCUT2D eigenvalue weighted by atomic mass is 16.5. The molecule has 0 saturated carbocycles. The molecule has 1 heterocycles. The maximum atomic E-state index is 11.8. The maximum Gasteiger partial charge on any atom is 0.317 e. The quantitative estimate of drug-likeness (QED) is 0.775. The number of hydrogen-bond acceptors (Lipinski definition) is 2. The van der Waals surface area contributed by atoms with Crippen LogP contribution < -0.4 is 5.32 Å². The Morgan fingerprint density at radius 2 is 2.00 bits per heavy atom. The molecule has 0 aromatic carbocycles. The predicted octanol–water partition coefficient (Wildman–Crippen LogP) is 1.61.